The Morgan fingerprint density at radius 1 is 0.848 bits per heavy atom. The molecule has 0 bridgehead atoms. The highest BCUT2D eigenvalue weighted by Crippen LogP contribution is 2.27. The Balaban J connectivity index is 1.70. The number of carbonyl (C=O) groups is 2. The second-order valence-electron chi connectivity index (χ2n) is 7.33. The number of nitrogens with one attached hydrogen (secondary N) is 1. The predicted molar refractivity (Wildman–Crippen MR) is 125 cm³/mol. The maximum atomic E-state index is 12.5. The summed E-state index contributed by atoms with van der Waals surface area (Å²) >= 11 is 0. The summed E-state index contributed by atoms with van der Waals surface area (Å²) in [4.78, 5) is 22.8. The first-order valence-corrected chi connectivity index (χ1v) is 11.6. The van der Waals surface area contributed by atoms with Crippen LogP contribution in [0, 0.1) is 0 Å². The van der Waals surface area contributed by atoms with Gasteiger partial charge in [-0.25, -0.2) is 8.42 Å². The van der Waals surface area contributed by atoms with Gasteiger partial charge in [0.1, 0.15) is 11.5 Å². The van der Waals surface area contributed by atoms with Crippen molar-refractivity contribution in [3.63, 3.8) is 0 Å². The molecule has 0 spiro atoms. The van der Waals surface area contributed by atoms with E-state index in [0.717, 1.165) is 5.56 Å². The van der Waals surface area contributed by atoms with Crippen LogP contribution in [0.4, 0.5) is 11.4 Å². The van der Waals surface area contributed by atoms with E-state index in [-0.39, 0.29) is 4.90 Å². The van der Waals surface area contributed by atoms with E-state index in [4.69, 9.17) is 15.2 Å². The number of nitrogen functional groups attached to an aromatic ring is 1. The van der Waals surface area contributed by atoms with E-state index < -0.39 is 22.0 Å². The van der Waals surface area contributed by atoms with Gasteiger partial charge in [-0.3, -0.25) is 14.3 Å². The quantitative estimate of drug-likeness (QED) is 0.293. The average molecular weight is 469 g/mol. The molecular weight excluding hydrogens is 444 g/mol. The lowest BCUT2D eigenvalue weighted by atomic mass is 10.0. The SMILES string of the molecule is CC(=O)Oc1ccc(OC(C)=O)c(CCc2ccc(NS(=O)(=O)c3ccc(N)cc3)cc2)c1. The smallest absolute Gasteiger partial charge is 0.308 e. The zero-order valence-electron chi connectivity index (χ0n) is 18.2. The van der Waals surface area contributed by atoms with Gasteiger partial charge in [-0.05, 0) is 78.6 Å². The first-order chi connectivity index (χ1) is 15.6. The molecule has 0 saturated carbocycles. The van der Waals surface area contributed by atoms with Crippen molar-refractivity contribution in [3.8, 4) is 11.5 Å². The summed E-state index contributed by atoms with van der Waals surface area (Å²) in [5, 5.41) is 0. The van der Waals surface area contributed by atoms with Crippen molar-refractivity contribution in [2.75, 3.05) is 10.5 Å². The lowest BCUT2D eigenvalue weighted by molar-refractivity contribution is -0.133. The number of sulfonamides is 1. The zero-order valence-corrected chi connectivity index (χ0v) is 19.0. The van der Waals surface area contributed by atoms with Crippen molar-refractivity contribution in [2.24, 2.45) is 0 Å². The Morgan fingerprint density at radius 3 is 2.09 bits per heavy atom. The summed E-state index contributed by atoms with van der Waals surface area (Å²) in [7, 11) is -3.73. The van der Waals surface area contributed by atoms with E-state index in [2.05, 4.69) is 4.72 Å². The summed E-state index contributed by atoms with van der Waals surface area (Å²) < 4.78 is 37.9. The number of aryl methyl sites for hydroxylation is 2. The standard InChI is InChI=1S/C24H24N2O6S/c1-16(27)31-22-11-14-24(32-17(2)28)19(15-22)6-3-18-4-9-21(10-5-18)26-33(29,30)23-12-7-20(25)8-13-23/h4-5,7-15,26H,3,6,25H2,1-2H3. The number of carbonyl (C=O) groups excluding carboxylic acids is 2. The highest BCUT2D eigenvalue weighted by molar-refractivity contribution is 7.92. The van der Waals surface area contributed by atoms with Crippen molar-refractivity contribution in [1.82, 2.24) is 0 Å². The molecule has 0 saturated heterocycles. The van der Waals surface area contributed by atoms with Gasteiger partial charge >= 0.3 is 11.9 Å². The fourth-order valence-corrected chi connectivity index (χ4v) is 4.17. The third kappa shape index (κ3) is 6.81. The minimum Gasteiger partial charge on any atom is -0.427 e. The highest BCUT2D eigenvalue weighted by atomic mass is 32.2. The molecule has 0 radical (unpaired) electrons. The summed E-state index contributed by atoms with van der Waals surface area (Å²) in [6.45, 7) is 2.62. The van der Waals surface area contributed by atoms with Crippen LogP contribution in [0.1, 0.15) is 25.0 Å². The normalized spacial score (nSPS) is 11.0. The molecular formula is C24H24N2O6S. The molecule has 8 nitrogen and oxygen atoms in total. The molecule has 0 aliphatic heterocycles. The Hall–Kier alpha value is -3.85. The number of nitrogens with two attached hydrogens (primary N) is 1. The van der Waals surface area contributed by atoms with Crippen LogP contribution in [0.3, 0.4) is 0 Å². The lowest BCUT2D eigenvalue weighted by Gasteiger charge is -2.12. The molecule has 0 heterocycles. The molecule has 0 atom stereocenters. The van der Waals surface area contributed by atoms with Crippen LogP contribution in [-0.4, -0.2) is 20.4 Å². The predicted octanol–water partition coefficient (Wildman–Crippen LogP) is 3.71. The Kier molecular flexibility index (Phi) is 7.34. The fourth-order valence-electron chi connectivity index (χ4n) is 3.11. The van der Waals surface area contributed by atoms with Gasteiger partial charge in [-0.1, -0.05) is 12.1 Å². The van der Waals surface area contributed by atoms with E-state index in [0.29, 0.717) is 41.3 Å². The number of anilines is 2. The van der Waals surface area contributed by atoms with Crippen molar-refractivity contribution in [2.45, 2.75) is 31.6 Å². The minimum atomic E-state index is -3.73. The number of ether oxygens (including phenoxy) is 2. The number of esters is 2. The van der Waals surface area contributed by atoms with E-state index in [9.17, 15) is 18.0 Å². The first-order valence-electron chi connectivity index (χ1n) is 10.1. The van der Waals surface area contributed by atoms with Crippen LogP contribution in [0.2, 0.25) is 0 Å². The van der Waals surface area contributed by atoms with Gasteiger partial charge in [0.25, 0.3) is 10.0 Å². The number of rotatable bonds is 8. The van der Waals surface area contributed by atoms with Gasteiger partial charge < -0.3 is 15.2 Å². The van der Waals surface area contributed by atoms with Gasteiger partial charge in [-0.2, -0.15) is 0 Å². The molecule has 0 unspecified atom stereocenters. The van der Waals surface area contributed by atoms with Gasteiger partial charge in [0.2, 0.25) is 0 Å². The molecule has 3 aromatic carbocycles. The highest BCUT2D eigenvalue weighted by Gasteiger charge is 2.14. The molecule has 0 aliphatic rings. The van der Waals surface area contributed by atoms with Crippen LogP contribution in [-0.2, 0) is 32.5 Å². The summed E-state index contributed by atoms with van der Waals surface area (Å²) in [5.74, 6) is -0.139. The van der Waals surface area contributed by atoms with E-state index in [1.807, 2.05) is 12.1 Å². The maximum Gasteiger partial charge on any atom is 0.308 e. The van der Waals surface area contributed by atoms with Gasteiger partial charge in [0.15, 0.2) is 0 Å². The average Bonchev–Trinajstić information content (AvgIpc) is 2.74. The Labute approximate surface area is 192 Å². The minimum absolute atomic E-state index is 0.117. The Bertz CT molecular complexity index is 1250. The third-order valence-electron chi connectivity index (χ3n) is 4.63. The van der Waals surface area contributed by atoms with Crippen molar-refractivity contribution in [1.29, 1.82) is 0 Å². The molecule has 33 heavy (non-hydrogen) atoms. The summed E-state index contributed by atoms with van der Waals surface area (Å²) in [6.07, 6.45) is 1.09. The van der Waals surface area contributed by atoms with Crippen molar-refractivity contribution >= 4 is 33.3 Å². The number of hydrogen-bond acceptors (Lipinski definition) is 7. The molecule has 0 aromatic heterocycles. The topological polar surface area (TPSA) is 125 Å². The van der Waals surface area contributed by atoms with Gasteiger partial charge in [-0.15, -0.1) is 0 Å². The molecule has 3 rings (SSSR count). The maximum absolute atomic E-state index is 12.5. The van der Waals surface area contributed by atoms with Crippen LogP contribution < -0.4 is 19.9 Å². The van der Waals surface area contributed by atoms with Gasteiger partial charge in [0.05, 0.1) is 4.90 Å². The van der Waals surface area contributed by atoms with Crippen LogP contribution in [0.5, 0.6) is 11.5 Å². The molecule has 0 amide bonds. The molecule has 3 N–H and O–H groups in total. The third-order valence-corrected chi connectivity index (χ3v) is 6.02. The second-order valence-corrected chi connectivity index (χ2v) is 9.01. The molecule has 172 valence electrons. The van der Waals surface area contributed by atoms with E-state index in [1.165, 1.54) is 38.1 Å². The monoisotopic (exact) mass is 468 g/mol. The molecule has 0 fully saturated rings. The van der Waals surface area contributed by atoms with Crippen molar-refractivity contribution < 1.29 is 27.5 Å². The van der Waals surface area contributed by atoms with Crippen LogP contribution >= 0.6 is 0 Å². The van der Waals surface area contributed by atoms with Gasteiger partial charge in [0, 0.05) is 25.2 Å². The lowest BCUT2D eigenvalue weighted by Crippen LogP contribution is -2.13. The summed E-state index contributed by atoms with van der Waals surface area (Å²) in [5.41, 5.74) is 8.16. The first kappa shape index (κ1) is 23.8. The van der Waals surface area contributed by atoms with Crippen LogP contribution in [0.15, 0.2) is 71.6 Å². The molecule has 0 aliphatic carbocycles. The largest absolute Gasteiger partial charge is 0.427 e. The molecule has 9 heteroatoms. The number of benzene rings is 3. The van der Waals surface area contributed by atoms with Crippen LogP contribution in [0.25, 0.3) is 0 Å². The second kappa shape index (κ2) is 10.2. The fraction of sp³-hybridized carbons (Fsp3) is 0.167. The Morgan fingerprint density at radius 2 is 1.48 bits per heavy atom. The molecule has 3 aromatic rings. The summed E-state index contributed by atoms with van der Waals surface area (Å²) in [6, 6.07) is 17.7. The van der Waals surface area contributed by atoms with E-state index >= 15 is 0 Å². The zero-order chi connectivity index (χ0) is 24.0. The van der Waals surface area contributed by atoms with E-state index in [1.54, 1.807) is 30.3 Å². The van der Waals surface area contributed by atoms with Crippen molar-refractivity contribution in [3.05, 3.63) is 77.9 Å². The number of hydrogen-bond donors (Lipinski definition) is 2.